The monoisotopic (exact) mass is 313 g/mol. The molecule has 0 aliphatic rings. The van der Waals surface area contributed by atoms with Gasteiger partial charge in [0.05, 0.1) is 13.7 Å². The topological polar surface area (TPSA) is 51.5 Å². The number of hydrogen-bond acceptors (Lipinski definition) is 5. The van der Waals surface area contributed by atoms with Gasteiger partial charge >= 0.3 is 5.97 Å². The van der Waals surface area contributed by atoms with Crippen molar-refractivity contribution in [3.63, 3.8) is 0 Å². The number of halogens is 2. The molecule has 0 amide bonds. The highest BCUT2D eigenvalue weighted by molar-refractivity contribution is 7.99. The molecule has 0 unspecified atom stereocenters. The minimum atomic E-state index is -2.43. The van der Waals surface area contributed by atoms with Gasteiger partial charge in [0.2, 0.25) is 5.76 Å². The van der Waals surface area contributed by atoms with Crippen molar-refractivity contribution in [1.82, 2.24) is 0 Å². The lowest BCUT2D eigenvalue weighted by Gasteiger charge is -2.05. The number of alkyl halides is 2. The van der Waals surface area contributed by atoms with Gasteiger partial charge < -0.3 is 14.5 Å². The highest BCUT2D eigenvalue weighted by Gasteiger charge is 2.10. The zero-order chi connectivity index (χ0) is 15.2. The van der Waals surface area contributed by atoms with Gasteiger partial charge in [-0.15, -0.1) is 0 Å². The predicted molar refractivity (Wildman–Crippen MR) is 75.7 cm³/mol. The zero-order valence-corrected chi connectivity index (χ0v) is 12.0. The summed E-state index contributed by atoms with van der Waals surface area (Å²) in [4.78, 5) is 11.7. The first-order valence-corrected chi connectivity index (χ1v) is 6.92. The Morgan fingerprint density at radius 2 is 2.00 bits per heavy atom. The summed E-state index contributed by atoms with van der Waals surface area (Å²) in [5.41, 5.74) is 0.768. The van der Waals surface area contributed by atoms with E-state index in [4.69, 9.17) is 4.42 Å². The number of rotatable bonds is 6. The normalized spacial score (nSPS) is 10.7. The number of carbonyl (C=O) groups is 1. The van der Waals surface area contributed by atoms with E-state index in [1.54, 1.807) is 30.3 Å². The van der Waals surface area contributed by atoms with E-state index in [0.29, 0.717) is 29.0 Å². The van der Waals surface area contributed by atoms with E-state index in [0.717, 1.165) is 5.69 Å². The Kier molecular flexibility index (Phi) is 5.21. The van der Waals surface area contributed by atoms with E-state index in [2.05, 4.69) is 10.1 Å². The molecule has 0 radical (unpaired) electrons. The average molecular weight is 313 g/mol. The van der Waals surface area contributed by atoms with Crippen LogP contribution in [-0.2, 0) is 11.3 Å². The van der Waals surface area contributed by atoms with E-state index in [1.807, 2.05) is 0 Å². The molecule has 2 rings (SSSR count). The third kappa shape index (κ3) is 4.49. The van der Waals surface area contributed by atoms with Gasteiger partial charge in [0.25, 0.3) is 5.76 Å². The van der Waals surface area contributed by atoms with Crippen molar-refractivity contribution in [2.45, 2.75) is 17.2 Å². The molecule has 0 aliphatic heterocycles. The van der Waals surface area contributed by atoms with Crippen molar-refractivity contribution in [1.29, 1.82) is 0 Å². The van der Waals surface area contributed by atoms with Crippen LogP contribution in [0.4, 0.5) is 14.5 Å². The molecule has 112 valence electrons. The molecule has 1 aromatic carbocycles. The molecule has 0 aliphatic carbocycles. The molecule has 7 heteroatoms. The Labute approximate surface area is 124 Å². The summed E-state index contributed by atoms with van der Waals surface area (Å²) in [6, 6.07) is 9.83. The van der Waals surface area contributed by atoms with Crippen molar-refractivity contribution >= 4 is 23.4 Å². The maximum absolute atomic E-state index is 12.2. The zero-order valence-electron chi connectivity index (χ0n) is 11.1. The molecule has 1 N–H and O–H groups in total. The van der Waals surface area contributed by atoms with Crippen molar-refractivity contribution in [2.24, 2.45) is 0 Å². The lowest BCUT2D eigenvalue weighted by molar-refractivity contribution is 0.0563. The predicted octanol–water partition coefficient (Wildman–Crippen LogP) is 3.99. The van der Waals surface area contributed by atoms with Crippen LogP contribution < -0.4 is 5.32 Å². The van der Waals surface area contributed by atoms with Gasteiger partial charge in [-0.05, 0) is 36.4 Å². The highest BCUT2D eigenvalue weighted by Crippen LogP contribution is 2.26. The SMILES string of the molecule is COC(=O)c1ccc(CNc2ccc(SC(F)F)cc2)o1. The van der Waals surface area contributed by atoms with Gasteiger partial charge in [0.1, 0.15) is 5.76 Å². The number of benzene rings is 1. The van der Waals surface area contributed by atoms with Crippen LogP contribution in [0.2, 0.25) is 0 Å². The first-order valence-electron chi connectivity index (χ1n) is 6.04. The number of anilines is 1. The van der Waals surface area contributed by atoms with E-state index < -0.39 is 11.7 Å². The number of nitrogens with one attached hydrogen (secondary N) is 1. The molecule has 0 bridgehead atoms. The van der Waals surface area contributed by atoms with Gasteiger partial charge in [-0.1, -0.05) is 11.8 Å². The molecule has 1 heterocycles. The van der Waals surface area contributed by atoms with Gasteiger partial charge in [-0.25, -0.2) is 4.79 Å². The number of ether oxygens (including phenoxy) is 1. The fraction of sp³-hybridized carbons (Fsp3) is 0.214. The van der Waals surface area contributed by atoms with Gasteiger partial charge in [-0.3, -0.25) is 0 Å². The van der Waals surface area contributed by atoms with Crippen LogP contribution in [0.15, 0.2) is 45.7 Å². The largest absolute Gasteiger partial charge is 0.463 e. The Morgan fingerprint density at radius 1 is 1.29 bits per heavy atom. The Bertz CT molecular complexity index is 599. The van der Waals surface area contributed by atoms with E-state index in [-0.39, 0.29) is 5.76 Å². The minimum absolute atomic E-state index is 0.137. The second-order valence-electron chi connectivity index (χ2n) is 4.01. The first-order chi connectivity index (χ1) is 10.1. The minimum Gasteiger partial charge on any atom is -0.463 e. The van der Waals surface area contributed by atoms with Crippen molar-refractivity contribution in [3.05, 3.63) is 47.9 Å². The number of esters is 1. The molecular formula is C14H13F2NO3S. The summed E-state index contributed by atoms with van der Waals surface area (Å²) in [5, 5.41) is 3.07. The standard InChI is InChI=1S/C14H13F2NO3S/c1-19-13(18)12-7-4-10(20-12)8-17-9-2-5-11(6-3-9)21-14(15)16/h2-7,14,17H,8H2,1H3. The van der Waals surface area contributed by atoms with Crippen LogP contribution in [0.5, 0.6) is 0 Å². The summed E-state index contributed by atoms with van der Waals surface area (Å²) in [6.45, 7) is 0.373. The van der Waals surface area contributed by atoms with Crippen molar-refractivity contribution in [3.8, 4) is 0 Å². The summed E-state index contributed by atoms with van der Waals surface area (Å²) < 4.78 is 34.2. The maximum atomic E-state index is 12.2. The fourth-order valence-electron chi connectivity index (χ4n) is 1.63. The highest BCUT2D eigenvalue weighted by atomic mass is 32.2. The van der Waals surface area contributed by atoms with Gasteiger partial charge in [0.15, 0.2) is 0 Å². The Morgan fingerprint density at radius 3 is 2.62 bits per heavy atom. The molecule has 1 aromatic heterocycles. The third-order valence-corrected chi connectivity index (χ3v) is 3.32. The molecule has 21 heavy (non-hydrogen) atoms. The Hall–Kier alpha value is -2.02. The number of carbonyl (C=O) groups excluding carboxylic acids is 1. The smallest absolute Gasteiger partial charge is 0.373 e. The second kappa shape index (κ2) is 7.12. The molecule has 4 nitrogen and oxygen atoms in total. The van der Waals surface area contributed by atoms with E-state index >= 15 is 0 Å². The molecule has 0 atom stereocenters. The van der Waals surface area contributed by atoms with Crippen LogP contribution >= 0.6 is 11.8 Å². The number of furan rings is 1. The van der Waals surface area contributed by atoms with Crippen molar-refractivity contribution in [2.75, 3.05) is 12.4 Å². The third-order valence-electron chi connectivity index (χ3n) is 2.59. The maximum Gasteiger partial charge on any atom is 0.373 e. The first kappa shape index (κ1) is 15.4. The summed E-state index contributed by atoms with van der Waals surface area (Å²) in [6.07, 6.45) is 0. The molecule has 0 fully saturated rings. The second-order valence-corrected chi connectivity index (χ2v) is 5.08. The fourth-order valence-corrected chi connectivity index (χ4v) is 2.13. The average Bonchev–Trinajstić information content (AvgIpc) is 2.94. The molecular weight excluding hydrogens is 300 g/mol. The lowest BCUT2D eigenvalue weighted by Crippen LogP contribution is -2.00. The molecule has 0 spiro atoms. The van der Waals surface area contributed by atoms with Crippen LogP contribution in [0, 0.1) is 0 Å². The summed E-state index contributed by atoms with van der Waals surface area (Å²) in [7, 11) is 1.28. The van der Waals surface area contributed by atoms with Crippen molar-refractivity contribution < 1.29 is 22.7 Å². The molecule has 0 saturated carbocycles. The summed E-state index contributed by atoms with van der Waals surface area (Å²) in [5.74, 6) is -2.25. The number of thioether (sulfide) groups is 1. The molecule has 0 saturated heterocycles. The van der Waals surface area contributed by atoms with E-state index in [9.17, 15) is 13.6 Å². The molecule has 2 aromatic rings. The van der Waals surface area contributed by atoms with Crippen LogP contribution in [0.1, 0.15) is 16.3 Å². The Balaban J connectivity index is 1.90. The van der Waals surface area contributed by atoms with E-state index in [1.165, 1.54) is 13.2 Å². The number of hydrogen-bond donors (Lipinski definition) is 1. The van der Waals surface area contributed by atoms with Crippen LogP contribution in [0.3, 0.4) is 0 Å². The summed E-state index contributed by atoms with van der Waals surface area (Å²) >= 11 is 0.500. The quantitative estimate of drug-likeness (QED) is 0.645. The van der Waals surface area contributed by atoms with Gasteiger partial charge in [-0.2, -0.15) is 8.78 Å². The lowest BCUT2D eigenvalue weighted by atomic mass is 10.3. The van der Waals surface area contributed by atoms with Gasteiger partial charge in [0, 0.05) is 10.6 Å². The van der Waals surface area contributed by atoms with Crippen LogP contribution in [-0.4, -0.2) is 18.8 Å². The van der Waals surface area contributed by atoms with Crippen LogP contribution in [0.25, 0.3) is 0 Å². The number of methoxy groups -OCH3 is 1.